The van der Waals surface area contributed by atoms with Crippen molar-refractivity contribution in [2.75, 3.05) is 6.61 Å². The molecule has 7 heteroatoms. The predicted octanol–water partition coefficient (Wildman–Crippen LogP) is 3.18. The van der Waals surface area contributed by atoms with Crippen LogP contribution in [0.5, 0.6) is 0 Å². The summed E-state index contributed by atoms with van der Waals surface area (Å²) in [6.45, 7) is 5.92. The highest BCUT2D eigenvalue weighted by atomic mass is 16.6. The molecule has 7 nitrogen and oxygen atoms in total. The van der Waals surface area contributed by atoms with Gasteiger partial charge in [0, 0.05) is 6.54 Å². The third-order valence-electron chi connectivity index (χ3n) is 3.29. The summed E-state index contributed by atoms with van der Waals surface area (Å²) in [6, 6.07) is 8.92. The molecule has 0 saturated heterocycles. The first-order valence-electron chi connectivity index (χ1n) is 8.69. The van der Waals surface area contributed by atoms with E-state index < -0.39 is 23.8 Å². The van der Waals surface area contributed by atoms with E-state index in [0.717, 1.165) is 5.56 Å². The Morgan fingerprint density at radius 3 is 2.42 bits per heavy atom. The van der Waals surface area contributed by atoms with Crippen molar-refractivity contribution in [1.29, 1.82) is 0 Å². The molecule has 0 spiro atoms. The summed E-state index contributed by atoms with van der Waals surface area (Å²) in [6.07, 6.45) is 1.26. The van der Waals surface area contributed by atoms with Gasteiger partial charge in [0.15, 0.2) is 0 Å². The number of benzene rings is 1. The van der Waals surface area contributed by atoms with Crippen LogP contribution in [-0.2, 0) is 20.8 Å². The molecular weight excluding hydrogens is 336 g/mol. The molecule has 0 fully saturated rings. The standard InChI is InChI=1S/C19H28N2O5/c1-19(2,3)26-18(24)21-16(14-22)11-7-8-12-25-17(23)20-13-15-9-5-4-6-10-15/h4-6,9-10,14,16H,7-8,11-13H2,1-3H3,(H,20,23)(H,21,24)/t16-/m0/s1. The van der Waals surface area contributed by atoms with E-state index in [1.165, 1.54) is 0 Å². The largest absolute Gasteiger partial charge is 0.450 e. The minimum Gasteiger partial charge on any atom is -0.450 e. The summed E-state index contributed by atoms with van der Waals surface area (Å²) in [5.74, 6) is 0. The summed E-state index contributed by atoms with van der Waals surface area (Å²) < 4.78 is 10.2. The fourth-order valence-corrected chi connectivity index (χ4v) is 2.09. The molecule has 0 aliphatic carbocycles. The zero-order valence-electron chi connectivity index (χ0n) is 15.6. The van der Waals surface area contributed by atoms with Gasteiger partial charge in [0.05, 0.1) is 12.6 Å². The molecule has 2 amide bonds. The number of hydrogen-bond acceptors (Lipinski definition) is 5. The highest BCUT2D eigenvalue weighted by Gasteiger charge is 2.18. The highest BCUT2D eigenvalue weighted by Crippen LogP contribution is 2.08. The minimum absolute atomic E-state index is 0.249. The molecule has 26 heavy (non-hydrogen) atoms. The van der Waals surface area contributed by atoms with Gasteiger partial charge in [0.1, 0.15) is 11.9 Å². The van der Waals surface area contributed by atoms with E-state index in [1.807, 2.05) is 30.3 Å². The fourth-order valence-electron chi connectivity index (χ4n) is 2.09. The summed E-state index contributed by atoms with van der Waals surface area (Å²) in [5.41, 5.74) is 0.379. The van der Waals surface area contributed by atoms with E-state index in [-0.39, 0.29) is 6.61 Å². The van der Waals surface area contributed by atoms with Crippen LogP contribution in [0.4, 0.5) is 9.59 Å². The smallest absolute Gasteiger partial charge is 0.408 e. The Labute approximate surface area is 154 Å². The molecule has 1 rings (SSSR count). The number of ether oxygens (including phenoxy) is 2. The zero-order valence-corrected chi connectivity index (χ0v) is 15.6. The molecule has 1 atom stereocenters. The number of alkyl carbamates (subject to hydrolysis) is 2. The second-order valence-corrected chi connectivity index (χ2v) is 6.86. The summed E-state index contributed by atoms with van der Waals surface area (Å²) in [7, 11) is 0. The number of carbonyl (C=O) groups is 3. The normalized spacial score (nSPS) is 12.0. The van der Waals surface area contributed by atoms with Crippen molar-refractivity contribution in [2.45, 2.75) is 58.2 Å². The van der Waals surface area contributed by atoms with Crippen molar-refractivity contribution >= 4 is 18.5 Å². The van der Waals surface area contributed by atoms with E-state index in [2.05, 4.69) is 10.6 Å². The van der Waals surface area contributed by atoms with Gasteiger partial charge in [0.2, 0.25) is 0 Å². The lowest BCUT2D eigenvalue weighted by atomic mass is 10.1. The maximum Gasteiger partial charge on any atom is 0.408 e. The molecule has 0 aliphatic heterocycles. The Kier molecular flexibility index (Phi) is 9.19. The fraction of sp³-hybridized carbons (Fsp3) is 0.526. The van der Waals surface area contributed by atoms with Gasteiger partial charge in [-0.2, -0.15) is 0 Å². The van der Waals surface area contributed by atoms with Crippen molar-refractivity contribution in [3.63, 3.8) is 0 Å². The third kappa shape index (κ3) is 10.3. The lowest BCUT2D eigenvalue weighted by Gasteiger charge is -2.21. The van der Waals surface area contributed by atoms with Crippen LogP contribution >= 0.6 is 0 Å². The number of carbonyl (C=O) groups excluding carboxylic acids is 3. The number of nitrogens with one attached hydrogen (secondary N) is 2. The number of hydrogen-bond donors (Lipinski definition) is 2. The first-order valence-corrected chi connectivity index (χ1v) is 8.69. The van der Waals surface area contributed by atoms with E-state index in [0.29, 0.717) is 32.1 Å². The summed E-state index contributed by atoms with van der Waals surface area (Å²) >= 11 is 0. The summed E-state index contributed by atoms with van der Waals surface area (Å²) in [4.78, 5) is 34.2. The van der Waals surface area contributed by atoms with Gasteiger partial charge in [-0.25, -0.2) is 9.59 Å². The molecule has 0 heterocycles. The molecule has 0 aliphatic rings. The van der Waals surface area contributed by atoms with E-state index >= 15 is 0 Å². The van der Waals surface area contributed by atoms with Crippen LogP contribution in [0.15, 0.2) is 30.3 Å². The quantitative estimate of drug-likeness (QED) is 0.518. The summed E-state index contributed by atoms with van der Waals surface area (Å²) in [5, 5.41) is 5.18. The molecule has 1 aromatic carbocycles. The van der Waals surface area contributed by atoms with Crippen LogP contribution in [0.1, 0.15) is 45.6 Å². The Morgan fingerprint density at radius 1 is 1.12 bits per heavy atom. The van der Waals surface area contributed by atoms with Crippen LogP contribution in [0.3, 0.4) is 0 Å². The highest BCUT2D eigenvalue weighted by molar-refractivity contribution is 5.73. The van der Waals surface area contributed by atoms with Crippen molar-refractivity contribution < 1.29 is 23.9 Å². The van der Waals surface area contributed by atoms with Gasteiger partial charge in [-0.1, -0.05) is 30.3 Å². The van der Waals surface area contributed by atoms with Crippen LogP contribution in [0.25, 0.3) is 0 Å². The topological polar surface area (TPSA) is 93.7 Å². The van der Waals surface area contributed by atoms with Crippen molar-refractivity contribution in [2.24, 2.45) is 0 Å². The Bertz CT molecular complexity index is 569. The SMILES string of the molecule is CC(C)(C)OC(=O)N[C@H](C=O)CCCCOC(=O)NCc1ccccc1. The van der Waals surface area contributed by atoms with E-state index in [9.17, 15) is 14.4 Å². The molecule has 0 saturated carbocycles. The molecule has 144 valence electrons. The first-order chi connectivity index (χ1) is 12.3. The van der Waals surface area contributed by atoms with Gasteiger partial charge >= 0.3 is 12.2 Å². The van der Waals surface area contributed by atoms with Crippen molar-refractivity contribution in [3.05, 3.63) is 35.9 Å². The molecule has 0 aromatic heterocycles. The van der Waals surface area contributed by atoms with E-state index in [4.69, 9.17) is 9.47 Å². The maximum atomic E-state index is 11.6. The monoisotopic (exact) mass is 364 g/mol. The van der Waals surface area contributed by atoms with Crippen LogP contribution in [0.2, 0.25) is 0 Å². The molecule has 1 aromatic rings. The third-order valence-corrected chi connectivity index (χ3v) is 3.29. The second kappa shape index (κ2) is 11.1. The average molecular weight is 364 g/mol. The number of aldehydes is 1. The average Bonchev–Trinajstić information content (AvgIpc) is 2.58. The molecule has 2 N–H and O–H groups in total. The van der Waals surface area contributed by atoms with Gasteiger partial charge < -0.3 is 24.9 Å². The lowest BCUT2D eigenvalue weighted by molar-refractivity contribution is -0.109. The Hall–Kier alpha value is -2.57. The van der Waals surface area contributed by atoms with Gasteiger partial charge in [0.25, 0.3) is 0 Å². The first kappa shape index (κ1) is 21.5. The zero-order chi connectivity index (χ0) is 19.4. The van der Waals surface area contributed by atoms with Crippen molar-refractivity contribution in [3.8, 4) is 0 Å². The molecule has 0 bridgehead atoms. The molecule has 0 unspecified atom stereocenters. The Morgan fingerprint density at radius 2 is 1.81 bits per heavy atom. The van der Waals surface area contributed by atoms with Gasteiger partial charge in [-0.15, -0.1) is 0 Å². The minimum atomic E-state index is -0.619. The van der Waals surface area contributed by atoms with Crippen LogP contribution in [0, 0.1) is 0 Å². The number of rotatable bonds is 9. The maximum absolute atomic E-state index is 11.6. The van der Waals surface area contributed by atoms with Gasteiger partial charge in [-0.05, 0) is 45.6 Å². The molecular formula is C19H28N2O5. The number of amides is 2. The van der Waals surface area contributed by atoms with Crippen LogP contribution in [-0.4, -0.2) is 36.7 Å². The predicted molar refractivity (Wildman–Crippen MR) is 97.7 cm³/mol. The Balaban J connectivity index is 2.13. The number of unbranched alkanes of at least 4 members (excludes halogenated alkanes) is 1. The van der Waals surface area contributed by atoms with Crippen LogP contribution < -0.4 is 10.6 Å². The second-order valence-electron chi connectivity index (χ2n) is 6.86. The lowest BCUT2D eigenvalue weighted by Crippen LogP contribution is -2.40. The van der Waals surface area contributed by atoms with Crippen molar-refractivity contribution in [1.82, 2.24) is 10.6 Å². The molecule has 0 radical (unpaired) electrons. The van der Waals surface area contributed by atoms with E-state index in [1.54, 1.807) is 20.8 Å². The van der Waals surface area contributed by atoms with Gasteiger partial charge in [-0.3, -0.25) is 0 Å².